The molecule has 0 spiro atoms. The Hall–Kier alpha value is -1.66. The van der Waals surface area contributed by atoms with Crippen molar-refractivity contribution in [3.63, 3.8) is 0 Å². The van der Waals surface area contributed by atoms with Gasteiger partial charge in [0.05, 0.1) is 20.3 Å². The van der Waals surface area contributed by atoms with Crippen molar-refractivity contribution in [2.45, 2.75) is 0 Å². The molecule has 0 radical (unpaired) electrons. The van der Waals surface area contributed by atoms with Crippen LogP contribution in [-0.4, -0.2) is 33.2 Å². The van der Waals surface area contributed by atoms with Gasteiger partial charge in [-0.05, 0) is 18.2 Å². The van der Waals surface area contributed by atoms with Gasteiger partial charge in [-0.15, -0.1) is 0 Å². The molecule has 1 rings (SSSR count). The largest absolute Gasteiger partial charge is 0.494 e. The molecule has 3 N–H and O–H groups in total. The fourth-order valence-electron chi connectivity index (χ4n) is 1.28. The van der Waals surface area contributed by atoms with E-state index < -0.39 is 5.82 Å². The van der Waals surface area contributed by atoms with Gasteiger partial charge in [0, 0.05) is 12.7 Å². The zero-order valence-electron chi connectivity index (χ0n) is 9.87. The predicted molar refractivity (Wildman–Crippen MR) is 63.6 cm³/mol. The first-order valence-electron chi connectivity index (χ1n) is 5.06. The first-order chi connectivity index (χ1) is 8.22. The van der Waals surface area contributed by atoms with Crippen molar-refractivity contribution in [2.75, 3.05) is 27.4 Å². The smallest absolute Gasteiger partial charge is 0.165 e. The molecule has 0 fully saturated rings. The van der Waals surface area contributed by atoms with Crippen molar-refractivity contribution >= 4 is 5.84 Å². The van der Waals surface area contributed by atoms with Crippen LogP contribution in [-0.2, 0) is 4.74 Å². The number of nitrogens with two attached hydrogens (primary N) is 1. The number of ether oxygens (including phenoxy) is 2. The molecule has 0 aromatic heterocycles. The molecule has 6 heteroatoms. The summed E-state index contributed by atoms with van der Waals surface area (Å²) < 4.78 is 23.2. The summed E-state index contributed by atoms with van der Waals surface area (Å²) in [6.45, 7) is 0.924. The van der Waals surface area contributed by atoms with Gasteiger partial charge >= 0.3 is 0 Å². The van der Waals surface area contributed by atoms with Crippen molar-refractivity contribution in [2.24, 2.45) is 10.8 Å². The third-order valence-electron chi connectivity index (χ3n) is 2.13. The highest BCUT2D eigenvalue weighted by Crippen LogP contribution is 2.17. The van der Waals surface area contributed by atoms with Gasteiger partial charge in [-0.1, -0.05) is 0 Å². The minimum absolute atomic E-state index is 0.182. The second-order valence-corrected chi connectivity index (χ2v) is 3.22. The maximum Gasteiger partial charge on any atom is 0.165 e. The Labute approximate surface area is 99.4 Å². The minimum Gasteiger partial charge on any atom is -0.494 e. The van der Waals surface area contributed by atoms with Crippen LogP contribution in [0.25, 0.3) is 0 Å². The van der Waals surface area contributed by atoms with Crippen LogP contribution in [0, 0.1) is 5.82 Å². The molecule has 17 heavy (non-hydrogen) atoms. The molecule has 0 saturated carbocycles. The van der Waals surface area contributed by atoms with Crippen LogP contribution in [0.15, 0.2) is 23.2 Å². The molecule has 94 valence electrons. The number of benzene rings is 1. The number of hydrazine groups is 1. The maximum absolute atomic E-state index is 13.5. The van der Waals surface area contributed by atoms with Gasteiger partial charge in [-0.2, -0.15) is 0 Å². The Kier molecular flexibility index (Phi) is 5.38. The SMILES string of the molecule is COCCN=C(NN)c1ccc(OC)c(F)c1. The van der Waals surface area contributed by atoms with Gasteiger partial charge in [0.25, 0.3) is 0 Å². The third-order valence-corrected chi connectivity index (χ3v) is 2.13. The van der Waals surface area contributed by atoms with E-state index in [1.165, 1.54) is 19.2 Å². The molecule has 0 unspecified atom stereocenters. The van der Waals surface area contributed by atoms with E-state index in [4.69, 9.17) is 15.3 Å². The van der Waals surface area contributed by atoms with Crippen LogP contribution in [0.3, 0.4) is 0 Å². The van der Waals surface area contributed by atoms with Crippen molar-refractivity contribution in [3.05, 3.63) is 29.6 Å². The molecule has 1 aromatic carbocycles. The molecule has 0 saturated heterocycles. The van der Waals surface area contributed by atoms with Crippen LogP contribution in [0.1, 0.15) is 5.56 Å². The first kappa shape index (κ1) is 13.4. The second kappa shape index (κ2) is 6.82. The van der Waals surface area contributed by atoms with Crippen LogP contribution >= 0.6 is 0 Å². The van der Waals surface area contributed by atoms with Crippen molar-refractivity contribution < 1.29 is 13.9 Å². The van der Waals surface area contributed by atoms with E-state index in [0.717, 1.165) is 0 Å². The molecule has 0 heterocycles. The number of hydrogen-bond donors (Lipinski definition) is 2. The number of halogens is 1. The lowest BCUT2D eigenvalue weighted by molar-refractivity contribution is 0.208. The minimum atomic E-state index is -0.459. The Balaban J connectivity index is 2.88. The number of nitrogens with one attached hydrogen (secondary N) is 1. The Morgan fingerprint density at radius 1 is 1.47 bits per heavy atom. The summed E-state index contributed by atoms with van der Waals surface area (Å²) in [5, 5.41) is 0. The zero-order valence-corrected chi connectivity index (χ0v) is 9.87. The van der Waals surface area contributed by atoms with Crippen molar-refractivity contribution in [1.82, 2.24) is 5.43 Å². The van der Waals surface area contributed by atoms with E-state index in [-0.39, 0.29) is 5.75 Å². The Morgan fingerprint density at radius 3 is 2.76 bits per heavy atom. The number of hydrogen-bond acceptors (Lipinski definition) is 4. The molecule has 0 bridgehead atoms. The van der Waals surface area contributed by atoms with Crippen LogP contribution in [0.2, 0.25) is 0 Å². The summed E-state index contributed by atoms with van der Waals surface area (Å²) in [5.41, 5.74) is 2.99. The predicted octanol–water partition coefficient (Wildman–Crippen LogP) is 0.691. The molecule has 1 aromatic rings. The lowest BCUT2D eigenvalue weighted by atomic mass is 10.2. The van der Waals surface area contributed by atoms with Gasteiger partial charge in [-0.25, -0.2) is 10.2 Å². The lowest BCUT2D eigenvalue weighted by Crippen LogP contribution is -2.31. The third kappa shape index (κ3) is 3.69. The highest BCUT2D eigenvalue weighted by Gasteiger charge is 2.07. The summed E-state index contributed by atoms with van der Waals surface area (Å²) in [5.74, 6) is 5.46. The van der Waals surface area contributed by atoms with E-state index in [1.807, 2.05) is 0 Å². The summed E-state index contributed by atoms with van der Waals surface area (Å²) in [4.78, 5) is 4.15. The fourth-order valence-corrected chi connectivity index (χ4v) is 1.28. The van der Waals surface area contributed by atoms with E-state index in [2.05, 4.69) is 10.4 Å². The summed E-state index contributed by atoms with van der Waals surface area (Å²) in [6, 6.07) is 4.51. The van der Waals surface area contributed by atoms with Crippen molar-refractivity contribution in [1.29, 1.82) is 0 Å². The molecular weight excluding hydrogens is 225 g/mol. The molecule has 0 atom stereocenters. The fraction of sp³-hybridized carbons (Fsp3) is 0.364. The number of amidine groups is 1. The molecular formula is C11H16FN3O2. The van der Waals surface area contributed by atoms with E-state index in [9.17, 15) is 4.39 Å². The topological polar surface area (TPSA) is 68.9 Å². The number of nitrogens with zero attached hydrogens (tertiary/aromatic N) is 1. The highest BCUT2D eigenvalue weighted by atomic mass is 19.1. The van der Waals surface area contributed by atoms with E-state index in [1.54, 1.807) is 13.2 Å². The zero-order chi connectivity index (χ0) is 12.7. The Morgan fingerprint density at radius 2 is 2.24 bits per heavy atom. The number of methoxy groups -OCH3 is 2. The van der Waals surface area contributed by atoms with Gasteiger partial charge in [0.2, 0.25) is 0 Å². The highest BCUT2D eigenvalue weighted by molar-refractivity contribution is 5.98. The van der Waals surface area contributed by atoms with Gasteiger partial charge in [0.1, 0.15) is 5.84 Å². The molecule has 0 aliphatic carbocycles. The molecule has 0 amide bonds. The summed E-state index contributed by atoms with van der Waals surface area (Å²) >= 11 is 0. The number of rotatable bonds is 5. The van der Waals surface area contributed by atoms with Crippen molar-refractivity contribution in [3.8, 4) is 5.75 Å². The molecule has 0 aliphatic rings. The number of aliphatic imine (C=N–C) groups is 1. The van der Waals surface area contributed by atoms with Crippen LogP contribution in [0.5, 0.6) is 5.75 Å². The van der Waals surface area contributed by atoms with Gasteiger partial charge in [0.15, 0.2) is 11.6 Å². The molecule has 0 aliphatic heterocycles. The quantitative estimate of drug-likeness (QED) is 0.262. The average molecular weight is 241 g/mol. The van der Waals surface area contributed by atoms with Gasteiger partial charge < -0.3 is 14.9 Å². The summed E-state index contributed by atoms with van der Waals surface area (Å²) in [6.07, 6.45) is 0. The van der Waals surface area contributed by atoms with E-state index in [0.29, 0.717) is 24.6 Å². The average Bonchev–Trinajstić information content (AvgIpc) is 2.35. The van der Waals surface area contributed by atoms with E-state index >= 15 is 0 Å². The Bertz CT molecular complexity index is 396. The standard InChI is InChI=1S/C11H16FN3O2/c1-16-6-5-14-11(15-13)8-3-4-10(17-2)9(12)7-8/h3-4,7H,5-6,13H2,1-2H3,(H,14,15). The summed E-state index contributed by atoms with van der Waals surface area (Å²) in [7, 11) is 2.99. The normalized spacial score (nSPS) is 11.4. The maximum atomic E-state index is 13.5. The monoisotopic (exact) mass is 241 g/mol. The molecule has 5 nitrogen and oxygen atoms in total. The lowest BCUT2D eigenvalue weighted by Gasteiger charge is -2.08. The second-order valence-electron chi connectivity index (χ2n) is 3.22. The van der Waals surface area contributed by atoms with Gasteiger partial charge in [-0.3, -0.25) is 4.99 Å². The first-order valence-corrected chi connectivity index (χ1v) is 5.06. The van der Waals surface area contributed by atoms with Crippen LogP contribution in [0.4, 0.5) is 4.39 Å². The van der Waals surface area contributed by atoms with Crippen LogP contribution < -0.4 is 16.0 Å².